The monoisotopic (exact) mass is 411 g/mol. The Hall–Kier alpha value is -3.34. The Balaban J connectivity index is 1.30. The van der Waals surface area contributed by atoms with Crippen LogP contribution in [-0.4, -0.2) is 57.6 Å². The minimum Gasteiger partial charge on any atom is -0.330 e. The van der Waals surface area contributed by atoms with Gasteiger partial charge in [0.15, 0.2) is 5.82 Å². The molecule has 3 heterocycles. The predicted octanol–water partition coefficient (Wildman–Crippen LogP) is 1.11. The molecular weight excluding hydrogens is 394 g/mol. The van der Waals surface area contributed by atoms with E-state index in [1.165, 1.54) is 6.08 Å². The van der Waals surface area contributed by atoms with Crippen molar-refractivity contribution in [2.24, 2.45) is 4.40 Å². The normalized spacial score (nSPS) is 19.9. The fraction of sp³-hybridized carbons (Fsp3) is 0.278. The summed E-state index contributed by atoms with van der Waals surface area (Å²) >= 11 is 0. The number of benzene rings is 1. The molecule has 0 radical (unpaired) electrons. The number of anilines is 1. The van der Waals surface area contributed by atoms with E-state index < -0.39 is 10.0 Å². The van der Waals surface area contributed by atoms with E-state index in [1.807, 2.05) is 16.8 Å². The molecule has 1 aromatic heterocycles. The number of rotatable bonds is 4. The zero-order valence-electron chi connectivity index (χ0n) is 15.3. The second-order valence-electron chi connectivity index (χ2n) is 7.06. The third-order valence-corrected chi connectivity index (χ3v) is 6.04. The summed E-state index contributed by atoms with van der Waals surface area (Å²) in [7, 11) is -3.42. The Morgan fingerprint density at radius 3 is 2.69 bits per heavy atom. The highest BCUT2D eigenvalue weighted by Gasteiger charge is 2.28. The largest absolute Gasteiger partial charge is 0.330 e. The van der Waals surface area contributed by atoms with Crippen LogP contribution < -0.4 is 5.32 Å². The van der Waals surface area contributed by atoms with Crippen LogP contribution in [0.5, 0.6) is 0 Å². The number of tetrazole rings is 1. The Morgan fingerprint density at radius 2 is 1.93 bits per heavy atom. The van der Waals surface area contributed by atoms with Gasteiger partial charge in [0.1, 0.15) is 5.84 Å². The van der Waals surface area contributed by atoms with Gasteiger partial charge in [-0.2, -0.15) is 0 Å². The summed E-state index contributed by atoms with van der Waals surface area (Å²) in [6.45, 7) is 0.271. The predicted molar refractivity (Wildman–Crippen MR) is 105 cm³/mol. The quantitative estimate of drug-likeness (QED) is 0.799. The van der Waals surface area contributed by atoms with Gasteiger partial charge in [0.2, 0.25) is 0 Å². The average Bonchev–Trinajstić information content (AvgIpc) is 3.44. The van der Waals surface area contributed by atoms with Gasteiger partial charge in [0, 0.05) is 24.0 Å². The lowest BCUT2D eigenvalue weighted by atomic mass is 10.1. The number of nitrogens with one attached hydrogen (secondary N) is 1. The number of aromatic nitrogens is 4. The number of carbonyl (C=O) groups excluding carboxylic acids is 1. The lowest BCUT2D eigenvalue weighted by Gasteiger charge is -2.26. The molecule has 0 saturated heterocycles. The highest BCUT2D eigenvalue weighted by Crippen LogP contribution is 2.36. The second kappa shape index (κ2) is 6.62. The number of sulfonamides is 1. The van der Waals surface area contributed by atoms with Crippen molar-refractivity contribution in [1.29, 1.82) is 0 Å². The maximum Gasteiger partial charge on any atom is 0.257 e. The standard InChI is InChI=1S/C18H17N7O3S/c26-18(13-3-8-16-21-29(27,28)10-9-24(16)11-13)19-14-4-1-12(2-5-14)17-20-22-23-25(17)15-6-7-15/h1-5,8,11,15H,6-7,9-10H2,(H,19,26). The van der Waals surface area contributed by atoms with Gasteiger partial charge < -0.3 is 10.2 Å². The number of amidine groups is 1. The van der Waals surface area contributed by atoms with E-state index in [-0.39, 0.29) is 18.2 Å². The van der Waals surface area contributed by atoms with Crippen molar-refractivity contribution >= 4 is 27.5 Å². The van der Waals surface area contributed by atoms with E-state index in [9.17, 15) is 13.2 Å². The first kappa shape index (κ1) is 17.7. The van der Waals surface area contributed by atoms with Crippen LogP contribution in [0.3, 0.4) is 0 Å². The molecule has 10 nitrogen and oxygen atoms in total. The van der Waals surface area contributed by atoms with Gasteiger partial charge in [-0.25, -0.2) is 13.1 Å². The molecule has 1 saturated carbocycles. The Morgan fingerprint density at radius 1 is 1.14 bits per heavy atom. The Labute approximate surface area is 166 Å². The molecule has 11 heteroatoms. The molecule has 0 spiro atoms. The van der Waals surface area contributed by atoms with Crippen LogP contribution in [0.2, 0.25) is 0 Å². The van der Waals surface area contributed by atoms with Crippen LogP contribution in [0.15, 0.2) is 52.6 Å². The topological polar surface area (TPSA) is 122 Å². The summed E-state index contributed by atoms with van der Waals surface area (Å²) in [4.78, 5) is 14.2. The van der Waals surface area contributed by atoms with Crippen LogP contribution in [0, 0.1) is 0 Å². The van der Waals surface area contributed by atoms with Crippen LogP contribution in [0.4, 0.5) is 5.69 Å². The maximum absolute atomic E-state index is 12.6. The second-order valence-corrected chi connectivity index (χ2v) is 8.81. The zero-order chi connectivity index (χ0) is 20.0. The molecule has 148 valence electrons. The summed E-state index contributed by atoms with van der Waals surface area (Å²) in [5.74, 6) is 0.683. The molecule has 0 unspecified atom stereocenters. The van der Waals surface area contributed by atoms with Gasteiger partial charge >= 0.3 is 0 Å². The van der Waals surface area contributed by atoms with Gasteiger partial charge in [-0.3, -0.25) is 4.79 Å². The summed E-state index contributed by atoms with van der Waals surface area (Å²) in [6, 6.07) is 7.71. The lowest BCUT2D eigenvalue weighted by molar-refractivity contribution is -0.112. The van der Waals surface area contributed by atoms with Crippen molar-refractivity contribution < 1.29 is 13.2 Å². The number of fused-ring (bicyclic) bond motifs is 1. The van der Waals surface area contributed by atoms with Gasteiger partial charge in [0.25, 0.3) is 15.9 Å². The van der Waals surface area contributed by atoms with E-state index in [1.54, 1.807) is 29.3 Å². The van der Waals surface area contributed by atoms with Crippen molar-refractivity contribution in [2.45, 2.75) is 18.9 Å². The number of amides is 1. The zero-order valence-corrected chi connectivity index (χ0v) is 16.1. The van der Waals surface area contributed by atoms with Gasteiger partial charge in [0.05, 0.1) is 17.4 Å². The van der Waals surface area contributed by atoms with E-state index in [4.69, 9.17) is 0 Å². The van der Waals surface area contributed by atoms with Gasteiger partial charge in [-0.05, 0) is 59.7 Å². The van der Waals surface area contributed by atoms with E-state index in [0.29, 0.717) is 23.1 Å². The highest BCUT2D eigenvalue weighted by atomic mass is 32.2. The molecule has 1 amide bonds. The van der Waals surface area contributed by atoms with Gasteiger partial charge in [-0.15, -0.1) is 9.50 Å². The molecule has 3 aliphatic rings. The third-order valence-electron chi connectivity index (χ3n) is 4.87. The number of carbonyl (C=O) groups is 1. The molecule has 0 bridgehead atoms. The summed E-state index contributed by atoms with van der Waals surface area (Å²) in [6.07, 6.45) is 6.88. The first-order chi connectivity index (χ1) is 14.0. The molecule has 0 atom stereocenters. The number of nitrogens with zero attached hydrogens (tertiary/aromatic N) is 6. The Bertz CT molecular complexity index is 1170. The molecule has 2 aliphatic heterocycles. The molecule has 1 aromatic carbocycles. The molecule has 5 rings (SSSR count). The van der Waals surface area contributed by atoms with Crippen molar-refractivity contribution in [3.8, 4) is 11.4 Å². The van der Waals surface area contributed by atoms with E-state index in [0.717, 1.165) is 24.2 Å². The summed E-state index contributed by atoms with van der Waals surface area (Å²) < 4.78 is 28.7. The SMILES string of the molecule is O=C(Nc1ccc(-c2nnnn2C2CC2)cc1)C1=CN2CCS(=O)(=O)N=C2C=C1. The van der Waals surface area contributed by atoms with Crippen LogP contribution in [-0.2, 0) is 14.8 Å². The fourth-order valence-electron chi connectivity index (χ4n) is 3.19. The van der Waals surface area contributed by atoms with Crippen LogP contribution >= 0.6 is 0 Å². The average molecular weight is 411 g/mol. The molecule has 1 fully saturated rings. The van der Waals surface area contributed by atoms with Crippen LogP contribution in [0.1, 0.15) is 18.9 Å². The highest BCUT2D eigenvalue weighted by molar-refractivity contribution is 7.90. The minimum atomic E-state index is -3.42. The van der Waals surface area contributed by atoms with Crippen molar-refractivity contribution in [1.82, 2.24) is 25.1 Å². The third kappa shape index (κ3) is 3.56. The molecule has 2 aromatic rings. The number of hydrogen-bond acceptors (Lipinski definition) is 7. The Kier molecular flexibility index (Phi) is 4.05. The molecule has 1 N–H and O–H groups in total. The van der Waals surface area contributed by atoms with E-state index in [2.05, 4.69) is 25.2 Å². The van der Waals surface area contributed by atoms with Crippen molar-refractivity contribution in [3.63, 3.8) is 0 Å². The summed E-state index contributed by atoms with van der Waals surface area (Å²) in [5, 5.41) is 14.7. The smallest absolute Gasteiger partial charge is 0.257 e. The number of hydrogen-bond donors (Lipinski definition) is 1. The van der Waals surface area contributed by atoms with E-state index >= 15 is 0 Å². The fourth-order valence-corrected chi connectivity index (χ4v) is 4.16. The lowest BCUT2D eigenvalue weighted by Crippen LogP contribution is -2.37. The first-order valence-electron chi connectivity index (χ1n) is 9.17. The van der Waals surface area contributed by atoms with Crippen LogP contribution in [0.25, 0.3) is 11.4 Å². The summed E-state index contributed by atoms with van der Waals surface area (Å²) in [5.41, 5.74) is 1.94. The minimum absolute atomic E-state index is 0.0719. The first-order valence-corrected chi connectivity index (χ1v) is 10.8. The van der Waals surface area contributed by atoms with Gasteiger partial charge in [-0.1, -0.05) is 0 Å². The maximum atomic E-state index is 12.6. The van der Waals surface area contributed by atoms with Crippen molar-refractivity contribution in [2.75, 3.05) is 17.6 Å². The van der Waals surface area contributed by atoms with Crippen molar-refractivity contribution in [3.05, 3.63) is 48.2 Å². The molecule has 1 aliphatic carbocycles. The molecule has 29 heavy (non-hydrogen) atoms. The molecular formula is C18H17N7O3S.